The van der Waals surface area contributed by atoms with Gasteiger partial charge in [0.05, 0.1) is 12.7 Å². The van der Waals surface area contributed by atoms with E-state index in [2.05, 4.69) is 11.4 Å². The Labute approximate surface area is 97.5 Å². The monoisotopic (exact) mass is 229 g/mol. The van der Waals surface area contributed by atoms with Crippen LogP contribution in [0.2, 0.25) is 0 Å². The van der Waals surface area contributed by atoms with Gasteiger partial charge in [-0.15, -0.1) is 11.3 Å². The summed E-state index contributed by atoms with van der Waals surface area (Å²) in [6.45, 7) is 9.43. The van der Waals surface area contributed by atoms with E-state index in [1.807, 2.05) is 39.0 Å². The van der Waals surface area contributed by atoms with Gasteiger partial charge in [0.1, 0.15) is 0 Å². The van der Waals surface area contributed by atoms with E-state index in [0.717, 1.165) is 13.0 Å². The first-order valence-electron chi connectivity index (χ1n) is 5.79. The molecule has 2 nitrogen and oxygen atoms in total. The van der Waals surface area contributed by atoms with E-state index in [-0.39, 0.29) is 6.10 Å². The van der Waals surface area contributed by atoms with Gasteiger partial charge in [-0.1, -0.05) is 27.7 Å². The number of hydrogen-bond acceptors (Lipinski definition) is 3. The molecule has 1 aliphatic rings. The van der Waals surface area contributed by atoms with Gasteiger partial charge in [0, 0.05) is 17.8 Å². The fraction of sp³-hybridized carbons (Fsp3) is 0.667. The first-order valence-corrected chi connectivity index (χ1v) is 6.67. The van der Waals surface area contributed by atoms with Crippen LogP contribution in [0.15, 0.2) is 11.4 Å². The molecule has 15 heavy (non-hydrogen) atoms. The fourth-order valence-corrected chi connectivity index (χ4v) is 2.33. The van der Waals surface area contributed by atoms with E-state index >= 15 is 0 Å². The molecule has 0 aliphatic carbocycles. The molecule has 1 aromatic rings. The number of rotatable bonds is 1. The molecule has 0 aromatic carbocycles. The van der Waals surface area contributed by atoms with Crippen molar-refractivity contribution in [3.63, 3.8) is 0 Å². The number of thiophene rings is 1. The second-order valence-electron chi connectivity index (χ2n) is 2.64. The average molecular weight is 229 g/mol. The van der Waals surface area contributed by atoms with Gasteiger partial charge in [-0.2, -0.15) is 0 Å². The summed E-state index contributed by atoms with van der Waals surface area (Å²) in [5, 5.41) is 2.11. The molecule has 0 fully saturated rings. The maximum atomic E-state index is 5.56. The van der Waals surface area contributed by atoms with Gasteiger partial charge >= 0.3 is 0 Å². The maximum absolute atomic E-state index is 5.56. The predicted molar refractivity (Wildman–Crippen MR) is 68.5 cm³/mol. The second-order valence-corrected chi connectivity index (χ2v) is 3.64. The Morgan fingerprint density at radius 2 is 2.07 bits per heavy atom. The summed E-state index contributed by atoms with van der Waals surface area (Å²) >= 11 is 1.81. The highest BCUT2D eigenvalue weighted by Gasteiger charge is 2.19. The summed E-state index contributed by atoms with van der Waals surface area (Å²) < 4.78 is 5.49. The molecule has 0 amide bonds. The summed E-state index contributed by atoms with van der Waals surface area (Å²) in [6.07, 6.45) is 1.22. The topological polar surface area (TPSA) is 35.2 Å². The lowest BCUT2D eigenvalue weighted by Crippen LogP contribution is -2.21. The predicted octanol–water partition coefficient (Wildman–Crippen LogP) is 3.37. The highest BCUT2D eigenvalue weighted by atomic mass is 32.1. The zero-order chi connectivity index (χ0) is 11.7. The van der Waals surface area contributed by atoms with Crippen molar-refractivity contribution in [2.45, 2.75) is 40.2 Å². The standard InChI is InChI=1S/C8H11NOS.2C2H6/c9-5-7-6-2-4-11-8(6)1-3-10-7;2*1-2/h2,4,7H,1,3,5,9H2;2*1-2H3. The highest BCUT2D eigenvalue weighted by molar-refractivity contribution is 7.10. The molecule has 0 saturated heterocycles. The quantitative estimate of drug-likeness (QED) is 0.801. The molecular formula is C12H23NOS. The van der Waals surface area contributed by atoms with E-state index in [0.29, 0.717) is 6.54 Å². The van der Waals surface area contributed by atoms with Crippen LogP contribution in [0.3, 0.4) is 0 Å². The van der Waals surface area contributed by atoms with Crippen LogP contribution in [0.4, 0.5) is 0 Å². The van der Waals surface area contributed by atoms with Gasteiger partial charge in [0.15, 0.2) is 0 Å². The molecule has 1 unspecified atom stereocenters. The Bertz CT molecular complexity index is 248. The Hall–Kier alpha value is -0.380. The third kappa shape index (κ3) is 3.93. The number of hydrogen-bond donors (Lipinski definition) is 1. The van der Waals surface area contributed by atoms with E-state index in [1.165, 1.54) is 10.4 Å². The van der Waals surface area contributed by atoms with E-state index in [1.54, 1.807) is 0 Å². The zero-order valence-electron chi connectivity index (χ0n) is 10.2. The maximum Gasteiger partial charge on any atom is 0.0957 e. The largest absolute Gasteiger partial charge is 0.372 e. The molecule has 2 N–H and O–H groups in total. The Morgan fingerprint density at radius 3 is 2.67 bits per heavy atom. The van der Waals surface area contributed by atoms with Crippen molar-refractivity contribution in [2.75, 3.05) is 13.2 Å². The minimum atomic E-state index is 0.157. The molecular weight excluding hydrogens is 206 g/mol. The molecule has 3 heteroatoms. The number of ether oxygens (including phenoxy) is 1. The molecule has 1 aromatic heterocycles. The smallest absolute Gasteiger partial charge is 0.0957 e. The third-order valence-electron chi connectivity index (χ3n) is 1.99. The van der Waals surface area contributed by atoms with Crippen molar-refractivity contribution in [2.24, 2.45) is 5.73 Å². The van der Waals surface area contributed by atoms with Gasteiger partial charge in [-0.3, -0.25) is 0 Å². The minimum Gasteiger partial charge on any atom is -0.372 e. The van der Waals surface area contributed by atoms with Crippen LogP contribution < -0.4 is 5.73 Å². The van der Waals surface area contributed by atoms with Crippen molar-refractivity contribution in [3.05, 3.63) is 21.9 Å². The Balaban J connectivity index is 0.000000442. The van der Waals surface area contributed by atoms with E-state index in [9.17, 15) is 0 Å². The first-order chi connectivity index (χ1) is 7.42. The summed E-state index contributed by atoms with van der Waals surface area (Å²) in [5.74, 6) is 0. The van der Waals surface area contributed by atoms with Crippen LogP contribution in [0.25, 0.3) is 0 Å². The van der Waals surface area contributed by atoms with Crippen LogP contribution in [-0.2, 0) is 11.2 Å². The molecule has 2 rings (SSSR count). The normalized spacial score (nSPS) is 17.8. The Morgan fingerprint density at radius 1 is 1.40 bits per heavy atom. The molecule has 0 spiro atoms. The van der Waals surface area contributed by atoms with Crippen LogP contribution in [0, 0.1) is 0 Å². The van der Waals surface area contributed by atoms with Crippen LogP contribution in [-0.4, -0.2) is 13.2 Å². The van der Waals surface area contributed by atoms with Crippen molar-refractivity contribution < 1.29 is 4.74 Å². The van der Waals surface area contributed by atoms with Crippen LogP contribution in [0.5, 0.6) is 0 Å². The average Bonchev–Trinajstić information content (AvgIpc) is 2.82. The molecule has 1 aliphatic heterocycles. The summed E-state index contributed by atoms with van der Waals surface area (Å²) in [4.78, 5) is 1.45. The minimum absolute atomic E-state index is 0.157. The Kier molecular flexibility index (Phi) is 8.67. The third-order valence-corrected chi connectivity index (χ3v) is 2.99. The molecule has 0 saturated carbocycles. The van der Waals surface area contributed by atoms with Crippen molar-refractivity contribution in [1.82, 2.24) is 0 Å². The van der Waals surface area contributed by atoms with Gasteiger partial charge in [0.2, 0.25) is 0 Å². The lowest BCUT2D eigenvalue weighted by molar-refractivity contribution is 0.0498. The van der Waals surface area contributed by atoms with Gasteiger partial charge in [0.25, 0.3) is 0 Å². The van der Waals surface area contributed by atoms with Gasteiger partial charge < -0.3 is 10.5 Å². The highest BCUT2D eigenvalue weighted by Crippen LogP contribution is 2.29. The molecule has 1 atom stereocenters. The van der Waals surface area contributed by atoms with Gasteiger partial charge in [-0.05, 0) is 17.0 Å². The van der Waals surface area contributed by atoms with Crippen molar-refractivity contribution in [3.8, 4) is 0 Å². The molecule has 88 valence electrons. The molecule has 0 radical (unpaired) electrons. The lowest BCUT2D eigenvalue weighted by Gasteiger charge is -2.21. The summed E-state index contributed by atoms with van der Waals surface area (Å²) in [6, 6.07) is 2.12. The zero-order valence-corrected chi connectivity index (χ0v) is 11.1. The van der Waals surface area contributed by atoms with Crippen LogP contribution >= 0.6 is 11.3 Å². The summed E-state index contributed by atoms with van der Waals surface area (Å²) in [5.41, 5.74) is 6.87. The van der Waals surface area contributed by atoms with Gasteiger partial charge in [-0.25, -0.2) is 0 Å². The van der Waals surface area contributed by atoms with Crippen molar-refractivity contribution >= 4 is 11.3 Å². The first kappa shape index (κ1) is 14.6. The molecule has 2 heterocycles. The number of fused-ring (bicyclic) bond motifs is 1. The van der Waals surface area contributed by atoms with E-state index < -0.39 is 0 Å². The molecule has 0 bridgehead atoms. The van der Waals surface area contributed by atoms with Crippen molar-refractivity contribution in [1.29, 1.82) is 0 Å². The summed E-state index contributed by atoms with van der Waals surface area (Å²) in [7, 11) is 0. The second kappa shape index (κ2) is 8.89. The lowest BCUT2D eigenvalue weighted by atomic mass is 10.1. The van der Waals surface area contributed by atoms with Crippen LogP contribution in [0.1, 0.15) is 44.2 Å². The van der Waals surface area contributed by atoms with E-state index in [4.69, 9.17) is 10.5 Å². The number of nitrogens with two attached hydrogens (primary N) is 1. The fourth-order valence-electron chi connectivity index (χ4n) is 1.42. The SMILES string of the molecule is CC.CC.NCC1OCCc2sccc21.